The van der Waals surface area contributed by atoms with E-state index >= 15 is 0 Å². The van der Waals surface area contributed by atoms with Crippen LogP contribution in [0.1, 0.15) is 33.6 Å². The lowest BCUT2D eigenvalue weighted by atomic mass is 10.2. The molecule has 0 fully saturated rings. The lowest BCUT2D eigenvalue weighted by Gasteiger charge is -2.15. The van der Waals surface area contributed by atoms with Crippen LogP contribution < -0.4 is 0 Å². The topological polar surface area (TPSA) is 84.2 Å². The molecule has 0 aromatic carbocycles. The maximum atomic E-state index is 11.8. The van der Waals surface area contributed by atoms with Crippen LogP contribution in [-0.4, -0.2) is 32.0 Å². The van der Waals surface area contributed by atoms with Gasteiger partial charge in [0.2, 0.25) is 0 Å². The van der Waals surface area contributed by atoms with Gasteiger partial charge < -0.3 is 4.74 Å². The Balaban J connectivity index is 4.61. The van der Waals surface area contributed by atoms with Crippen molar-refractivity contribution < 1.29 is 17.9 Å². The summed E-state index contributed by atoms with van der Waals surface area (Å²) in [6.07, 6.45) is 0.0704. The van der Waals surface area contributed by atoms with Gasteiger partial charge in [0.05, 0.1) is 18.4 Å². The van der Waals surface area contributed by atoms with Crippen LogP contribution in [0.25, 0.3) is 0 Å². The lowest BCUT2D eigenvalue weighted by Crippen LogP contribution is -2.33. The highest BCUT2D eigenvalue weighted by Gasteiger charge is 2.31. The second kappa shape index (κ2) is 7.28. The fourth-order valence-corrected chi connectivity index (χ4v) is 2.77. The van der Waals surface area contributed by atoms with Crippen molar-refractivity contribution in [3.63, 3.8) is 0 Å². The molecule has 17 heavy (non-hydrogen) atoms. The van der Waals surface area contributed by atoms with Crippen LogP contribution in [0.3, 0.4) is 0 Å². The Bertz CT molecular complexity index is 381. The number of sulfone groups is 1. The monoisotopic (exact) mass is 261 g/mol. The first-order valence-electron chi connectivity index (χ1n) is 5.60. The van der Waals surface area contributed by atoms with Gasteiger partial charge in [0.25, 0.3) is 0 Å². The second-order valence-corrected chi connectivity index (χ2v) is 6.50. The van der Waals surface area contributed by atoms with Gasteiger partial charge in [0.1, 0.15) is 0 Å². The van der Waals surface area contributed by atoms with Crippen LogP contribution in [0.4, 0.5) is 0 Å². The first-order valence-corrected chi connectivity index (χ1v) is 7.31. The molecule has 5 nitrogen and oxygen atoms in total. The molecule has 0 radical (unpaired) electrons. The van der Waals surface area contributed by atoms with E-state index in [-0.39, 0.29) is 31.1 Å². The van der Waals surface area contributed by atoms with Gasteiger partial charge in [-0.05, 0) is 12.3 Å². The minimum Gasteiger partial charge on any atom is -0.464 e. The third kappa shape index (κ3) is 5.68. The van der Waals surface area contributed by atoms with Crippen LogP contribution in [0, 0.1) is 17.2 Å². The van der Waals surface area contributed by atoms with Crippen molar-refractivity contribution in [2.24, 2.45) is 5.92 Å². The van der Waals surface area contributed by atoms with Crippen molar-refractivity contribution in [2.75, 3.05) is 12.4 Å². The van der Waals surface area contributed by atoms with Gasteiger partial charge in [-0.1, -0.05) is 20.8 Å². The third-order valence-corrected chi connectivity index (χ3v) is 4.29. The number of hydrogen-bond donors (Lipinski definition) is 0. The molecule has 0 saturated heterocycles. The Morgan fingerprint density at radius 1 is 1.41 bits per heavy atom. The van der Waals surface area contributed by atoms with E-state index in [4.69, 9.17) is 10.00 Å². The lowest BCUT2D eigenvalue weighted by molar-refractivity contribution is -0.144. The molecular formula is C11H19NO4S. The van der Waals surface area contributed by atoms with Gasteiger partial charge in [0, 0.05) is 6.42 Å². The van der Waals surface area contributed by atoms with Gasteiger partial charge in [-0.2, -0.15) is 5.26 Å². The van der Waals surface area contributed by atoms with E-state index < -0.39 is 21.1 Å². The van der Waals surface area contributed by atoms with Gasteiger partial charge in [-0.3, -0.25) is 4.79 Å². The highest BCUT2D eigenvalue weighted by molar-refractivity contribution is 7.92. The molecule has 0 aromatic heterocycles. The normalized spacial score (nSPS) is 13.1. The van der Waals surface area contributed by atoms with Crippen molar-refractivity contribution in [2.45, 2.75) is 38.9 Å². The molecule has 0 rings (SSSR count). The number of rotatable bonds is 7. The Morgan fingerprint density at radius 2 is 2.00 bits per heavy atom. The predicted octanol–water partition coefficient (Wildman–Crippen LogP) is 1.29. The maximum Gasteiger partial charge on any atom is 0.324 e. The van der Waals surface area contributed by atoms with Crippen molar-refractivity contribution >= 4 is 15.8 Å². The van der Waals surface area contributed by atoms with Crippen molar-refractivity contribution in [3.8, 4) is 6.07 Å². The molecule has 0 heterocycles. The summed E-state index contributed by atoms with van der Waals surface area (Å²) < 4.78 is 28.4. The van der Waals surface area contributed by atoms with E-state index in [1.54, 1.807) is 13.0 Å². The summed E-state index contributed by atoms with van der Waals surface area (Å²) in [7, 11) is -3.58. The van der Waals surface area contributed by atoms with Crippen molar-refractivity contribution in [1.82, 2.24) is 0 Å². The Hall–Kier alpha value is -1.09. The van der Waals surface area contributed by atoms with Gasteiger partial charge in [0.15, 0.2) is 15.1 Å². The van der Waals surface area contributed by atoms with Gasteiger partial charge >= 0.3 is 5.97 Å². The quantitative estimate of drug-likeness (QED) is 0.645. The number of esters is 1. The molecule has 6 heteroatoms. The molecule has 0 spiro atoms. The molecular weight excluding hydrogens is 242 g/mol. The summed E-state index contributed by atoms with van der Waals surface area (Å²) >= 11 is 0. The SMILES string of the molecule is CCC(C(=O)OCC(C)C)S(=O)(=O)CCC#N. The number of carbonyl (C=O) groups excluding carboxylic acids is 1. The summed E-state index contributed by atoms with van der Waals surface area (Å²) in [5.41, 5.74) is 0. The molecule has 0 aliphatic rings. The highest BCUT2D eigenvalue weighted by atomic mass is 32.2. The van der Waals surface area contributed by atoms with E-state index in [1.807, 2.05) is 13.8 Å². The molecule has 0 N–H and O–H groups in total. The fraction of sp³-hybridized carbons (Fsp3) is 0.818. The van der Waals surface area contributed by atoms with Crippen LogP contribution >= 0.6 is 0 Å². The second-order valence-electron chi connectivity index (χ2n) is 4.20. The van der Waals surface area contributed by atoms with Gasteiger partial charge in [-0.15, -0.1) is 0 Å². The first-order chi connectivity index (χ1) is 7.85. The minimum atomic E-state index is -3.58. The summed E-state index contributed by atoms with van der Waals surface area (Å²) in [5, 5.41) is 7.22. The standard InChI is InChI=1S/C11H19NO4S/c1-4-10(11(13)16-8-9(2)3)17(14,15)7-5-6-12/h9-10H,4-5,7-8H2,1-3H3. The van der Waals surface area contributed by atoms with Crippen LogP contribution in [-0.2, 0) is 19.4 Å². The van der Waals surface area contributed by atoms with Crippen molar-refractivity contribution in [1.29, 1.82) is 5.26 Å². The van der Waals surface area contributed by atoms with Crippen LogP contribution in [0.5, 0.6) is 0 Å². The average Bonchev–Trinajstić information content (AvgIpc) is 2.24. The van der Waals surface area contributed by atoms with E-state index in [0.29, 0.717) is 0 Å². The smallest absolute Gasteiger partial charge is 0.324 e. The van der Waals surface area contributed by atoms with Gasteiger partial charge in [-0.25, -0.2) is 8.42 Å². The third-order valence-electron chi connectivity index (χ3n) is 2.12. The number of carbonyl (C=O) groups is 1. The van der Waals surface area contributed by atoms with Crippen LogP contribution in [0.2, 0.25) is 0 Å². The van der Waals surface area contributed by atoms with E-state index in [2.05, 4.69) is 0 Å². The number of ether oxygens (including phenoxy) is 1. The van der Waals surface area contributed by atoms with E-state index in [0.717, 1.165) is 0 Å². The number of hydrogen-bond acceptors (Lipinski definition) is 5. The molecule has 98 valence electrons. The molecule has 1 atom stereocenters. The first kappa shape index (κ1) is 15.9. The van der Waals surface area contributed by atoms with Crippen molar-refractivity contribution in [3.05, 3.63) is 0 Å². The number of nitriles is 1. The molecule has 0 aliphatic carbocycles. The largest absolute Gasteiger partial charge is 0.464 e. The minimum absolute atomic E-state index is 0.101. The average molecular weight is 261 g/mol. The molecule has 0 saturated carbocycles. The van der Waals surface area contributed by atoms with E-state index in [1.165, 1.54) is 0 Å². The summed E-state index contributed by atoms with van der Waals surface area (Å²) in [6, 6.07) is 1.76. The summed E-state index contributed by atoms with van der Waals surface area (Å²) in [6.45, 7) is 5.57. The molecule has 0 aliphatic heterocycles. The molecule has 1 unspecified atom stereocenters. The highest BCUT2D eigenvalue weighted by Crippen LogP contribution is 2.11. The zero-order valence-corrected chi connectivity index (χ0v) is 11.3. The molecule has 0 aromatic rings. The maximum absolute atomic E-state index is 11.8. The Morgan fingerprint density at radius 3 is 2.41 bits per heavy atom. The zero-order valence-electron chi connectivity index (χ0n) is 10.5. The fourth-order valence-electron chi connectivity index (χ4n) is 1.24. The Labute approximate surface area is 103 Å². The molecule has 0 amide bonds. The zero-order chi connectivity index (χ0) is 13.5. The summed E-state index contributed by atoms with van der Waals surface area (Å²) in [4.78, 5) is 11.6. The molecule has 0 bridgehead atoms. The van der Waals surface area contributed by atoms with Crippen LogP contribution in [0.15, 0.2) is 0 Å². The predicted molar refractivity (Wildman–Crippen MR) is 63.9 cm³/mol. The number of nitrogens with zero attached hydrogens (tertiary/aromatic N) is 1. The summed E-state index contributed by atoms with van der Waals surface area (Å²) in [5.74, 6) is -0.837. The Kier molecular flexibility index (Phi) is 6.81. The van der Waals surface area contributed by atoms with E-state index in [9.17, 15) is 13.2 Å².